The van der Waals surface area contributed by atoms with E-state index in [4.69, 9.17) is 0 Å². The highest BCUT2D eigenvalue weighted by atomic mass is 16.3. The van der Waals surface area contributed by atoms with E-state index in [9.17, 15) is 5.11 Å². The first-order valence-corrected chi connectivity index (χ1v) is 12.6. The van der Waals surface area contributed by atoms with Crippen LogP contribution in [-0.4, -0.2) is 11.2 Å². The Hall–Kier alpha value is -0.300. The van der Waals surface area contributed by atoms with Crippen molar-refractivity contribution in [2.24, 2.45) is 52.3 Å². The topological polar surface area (TPSA) is 20.2 Å². The van der Waals surface area contributed by atoms with Crippen molar-refractivity contribution >= 4 is 0 Å². The molecule has 0 aliphatic heterocycles. The van der Waals surface area contributed by atoms with Gasteiger partial charge in [-0.1, -0.05) is 39.7 Å². The maximum absolute atomic E-state index is 10.5. The van der Waals surface area contributed by atoms with Crippen LogP contribution in [0.5, 0.6) is 0 Å². The first-order valence-electron chi connectivity index (χ1n) is 12.6. The van der Waals surface area contributed by atoms with E-state index in [1.165, 1.54) is 44.9 Å². The minimum Gasteiger partial charge on any atom is -0.393 e. The summed E-state index contributed by atoms with van der Waals surface area (Å²) in [6.45, 7) is 13.0. The van der Waals surface area contributed by atoms with Crippen LogP contribution >= 0.6 is 0 Å². The smallest absolute Gasteiger partial charge is 0.0568 e. The molecule has 5 saturated carbocycles. The molecule has 160 valence electrons. The Morgan fingerprint density at radius 3 is 2.25 bits per heavy atom. The number of hydrogen-bond donors (Lipinski definition) is 1. The maximum Gasteiger partial charge on any atom is 0.0568 e. The Morgan fingerprint density at radius 1 is 0.821 bits per heavy atom. The molecule has 1 nitrogen and oxygen atoms in total. The molecule has 1 heteroatoms. The van der Waals surface area contributed by atoms with Crippen LogP contribution in [0.15, 0.2) is 12.7 Å². The summed E-state index contributed by atoms with van der Waals surface area (Å²) in [5, 5.41) is 10.5. The Morgan fingerprint density at radius 2 is 1.50 bits per heavy atom. The van der Waals surface area contributed by atoms with Crippen molar-refractivity contribution in [1.82, 2.24) is 0 Å². The lowest BCUT2D eigenvalue weighted by molar-refractivity contribution is -0.188. The molecule has 10 atom stereocenters. The molecule has 0 aromatic rings. The Balaban J connectivity index is 0.000000604. The Labute approximate surface area is 174 Å². The van der Waals surface area contributed by atoms with Crippen molar-refractivity contribution in [1.29, 1.82) is 0 Å². The van der Waals surface area contributed by atoms with Gasteiger partial charge < -0.3 is 5.11 Å². The lowest BCUT2D eigenvalue weighted by atomic mass is 9.38. The largest absolute Gasteiger partial charge is 0.393 e. The molecule has 0 bridgehead atoms. The van der Waals surface area contributed by atoms with E-state index >= 15 is 0 Å². The third-order valence-corrected chi connectivity index (χ3v) is 10.9. The van der Waals surface area contributed by atoms with Crippen LogP contribution in [0, 0.1) is 52.3 Å². The molecule has 0 aromatic carbocycles. The van der Waals surface area contributed by atoms with Crippen molar-refractivity contribution in [3.05, 3.63) is 12.7 Å². The molecule has 5 fully saturated rings. The fraction of sp³-hybridized carbons (Fsp3) is 0.926. The van der Waals surface area contributed by atoms with Gasteiger partial charge in [-0.15, -0.1) is 6.58 Å². The highest BCUT2D eigenvalue weighted by Crippen LogP contribution is 2.70. The summed E-state index contributed by atoms with van der Waals surface area (Å²) in [7, 11) is 0. The van der Waals surface area contributed by atoms with E-state index in [-0.39, 0.29) is 6.10 Å². The summed E-state index contributed by atoms with van der Waals surface area (Å²) in [6, 6.07) is 0. The summed E-state index contributed by atoms with van der Waals surface area (Å²) in [5.41, 5.74) is 1.10. The highest BCUT2D eigenvalue weighted by molar-refractivity contribution is 5.11. The number of aliphatic hydroxyl groups excluding tert-OH is 1. The molecular weight excluding hydrogens is 340 g/mol. The van der Waals surface area contributed by atoms with Gasteiger partial charge in [0.25, 0.3) is 0 Å². The molecule has 0 spiro atoms. The zero-order chi connectivity index (χ0) is 20.1. The summed E-state index contributed by atoms with van der Waals surface area (Å²) < 4.78 is 0. The van der Waals surface area contributed by atoms with E-state index in [1.54, 1.807) is 25.3 Å². The van der Waals surface area contributed by atoms with Gasteiger partial charge in [-0.2, -0.15) is 0 Å². The van der Waals surface area contributed by atoms with E-state index in [2.05, 4.69) is 27.4 Å². The number of aliphatic hydroxyl groups is 1. The van der Waals surface area contributed by atoms with Crippen LogP contribution in [0.2, 0.25) is 0 Å². The fourth-order valence-electron chi connectivity index (χ4n) is 9.79. The van der Waals surface area contributed by atoms with Crippen LogP contribution in [0.4, 0.5) is 0 Å². The SMILES string of the molecule is C=CC.C[C@H]1C(O)CC[C@@]2(C)C1CC[C@@]1(C)C3CCC4CCCC4C3CCC12. The number of rotatable bonds is 0. The summed E-state index contributed by atoms with van der Waals surface area (Å²) >= 11 is 0. The third kappa shape index (κ3) is 3.05. The number of fused-ring (bicyclic) bond motifs is 7. The average Bonchev–Trinajstić information content (AvgIpc) is 3.15. The van der Waals surface area contributed by atoms with Gasteiger partial charge >= 0.3 is 0 Å². The Kier molecular flexibility index (Phi) is 5.80. The molecule has 0 radical (unpaired) electrons. The van der Waals surface area contributed by atoms with Crippen molar-refractivity contribution in [3.63, 3.8) is 0 Å². The minimum atomic E-state index is -0.0345. The van der Waals surface area contributed by atoms with Crippen LogP contribution in [-0.2, 0) is 0 Å². The summed E-state index contributed by atoms with van der Waals surface area (Å²) in [6.07, 6.45) is 17.6. The average molecular weight is 387 g/mol. The van der Waals surface area contributed by atoms with E-state index < -0.39 is 0 Å². The van der Waals surface area contributed by atoms with Gasteiger partial charge in [-0.05, 0) is 117 Å². The second kappa shape index (κ2) is 7.75. The van der Waals surface area contributed by atoms with Crippen LogP contribution in [0.3, 0.4) is 0 Å². The van der Waals surface area contributed by atoms with Gasteiger partial charge in [0.15, 0.2) is 0 Å². The molecular formula is C27H46O. The van der Waals surface area contributed by atoms with Crippen LogP contribution < -0.4 is 0 Å². The molecule has 5 rings (SSSR count). The predicted molar refractivity (Wildman–Crippen MR) is 119 cm³/mol. The van der Waals surface area contributed by atoms with Crippen molar-refractivity contribution < 1.29 is 5.11 Å². The lowest BCUT2D eigenvalue weighted by Gasteiger charge is -2.67. The quantitative estimate of drug-likeness (QED) is 0.435. The molecule has 28 heavy (non-hydrogen) atoms. The van der Waals surface area contributed by atoms with Gasteiger partial charge in [0.05, 0.1) is 6.10 Å². The number of allylic oxidation sites excluding steroid dienone is 1. The molecule has 1 N–H and O–H groups in total. The van der Waals surface area contributed by atoms with Gasteiger partial charge in [0.1, 0.15) is 0 Å². The van der Waals surface area contributed by atoms with Gasteiger partial charge in [0, 0.05) is 0 Å². The third-order valence-electron chi connectivity index (χ3n) is 10.9. The lowest BCUT2D eigenvalue weighted by Crippen LogP contribution is -2.60. The normalized spacial score (nSPS) is 54.9. The van der Waals surface area contributed by atoms with E-state index in [0.29, 0.717) is 16.7 Å². The number of hydrogen-bond acceptors (Lipinski definition) is 1. The van der Waals surface area contributed by atoms with Crippen molar-refractivity contribution in [2.75, 3.05) is 0 Å². The highest BCUT2D eigenvalue weighted by Gasteiger charge is 2.62. The standard InChI is InChI=1S/C24H40O.C3H6/c1-15-19-11-13-24(3)20-9-7-16-5-4-6-17(16)18(20)8-10-22(24)23(19,2)14-12-21(15)25;1-3-2/h15-22,25H,4-14H2,1-3H3;3H,1H2,2H3/t15-,16?,17?,18?,19?,20?,21?,22?,23+,24+;/m1./s1. The first kappa shape index (κ1) is 21.0. The van der Waals surface area contributed by atoms with E-state index in [0.717, 1.165) is 41.9 Å². The van der Waals surface area contributed by atoms with Gasteiger partial charge in [-0.3, -0.25) is 0 Å². The monoisotopic (exact) mass is 386 g/mol. The van der Waals surface area contributed by atoms with Crippen LogP contribution in [0.25, 0.3) is 0 Å². The van der Waals surface area contributed by atoms with E-state index in [1.807, 2.05) is 6.92 Å². The zero-order valence-electron chi connectivity index (χ0n) is 19.1. The second-order valence-electron chi connectivity index (χ2n) is 11.9. The second-order valence-corrected chi connectivity index (χ2v) is 11.9. The molecule has 0 heterocycles. The predicted octanol–water partition coefficient (Wildman–Crippen LogP) is 7.24. The van der Waals surface area contributed by atoms with Crippen molar-refractivity contribution in [2.45, 2.75) is 104 Å². The minimum absolute atomic E-state index is 0.0345. The molecule has 7 unspecified atom stereocenters. The van der Waals surface area contributed by atoms with Crippen molar-refractivity contribution in [3.8, 4) is 0 Å². The zero-order valence-corrected chi connectivity index (χ0v) is 19.1. The molecule has 5 aliphatic rings. The molecule has 0 amide bonds. The molecule has 0 aromatic heterocycles. The summed E-state index contributed by atoms with van der Waals surface area (Å²) in [5.74, 6) is 6.49. The first-order chi connectivity index (χ1) is 13.4. The van der Waals surface area contributed by atoms with Gasteiger partial charge in [-0.25, -0.2) is 0 Å². The molecule has 5 aliphatic carbocycles. The molecule has 0 saturated heterocycles. The fourth-order valence-corrected chi connectivity index (χ4v) is 9.79. The van der Waals surface area contributed by atoms with Crippen LogP contribution in [0.1, 0.15) is 98.3 Å². The van der Waals surface area contributed by atoms with Gasteiger partial charge in [0.2, 0.25) is 0 Å². The Bertz CT molecular complexity index is 569. The summed E-state index contributed by atoms with van der Waals surface area (Å²) in [4.78, 5) is 0. The maximum atomic E-state index is 10.5.